The summed E-state index contributed by atoms with van der Waals surface area (Å²) in [5.41, 5.74) is 0. The average Bonchev–Trinajstić information content (AvgIpc) is 2.18. The van der Waals surface area contributed by atoms with Crippen LogP contribution in [-0.4, -0.2) is 36.6 Å². The van der Waals surface area contributed by atoms with Gasteiger partial charge in [-0.25, -0.2) is 0 Å². The molecule has 1 rings (SSSR count). The van der Waals surface area contributed by atoms with Gasteiger partial charge in [0.15, 0.2) is 0 Å². The van der Waals surface area contributed by atoms with Crippen LogP contribution in [0.5, 0.6) is 0 Å². The molecule has 0 aliphatic carbocycles. The Labute approximate surface area is 91.2 Å². The van der Waals surface area contributed by atoms with Gasteiger partial charge in [0.25, 0.3) is 10.2 Å². The Balaban J connectivity index is 2.67. The minimum Gasteiger partial charge on any atom is -0.194 e. The van der Waals surface area contributed by atoms with Crippen LogP contribution < -0.4 is 0 Å². The lowest BCUT2D eigenvalue weighted by atomic mass is 10.2. The molecule has 1 fully saturated rings. The monoisotopic (exact) mass is 288 g/mol. The summed E-state index contributed by atoms with van der Waals surface area (Å²) >= 11 is 3.05. The van der Waals surface area contributed by atoms with Gasteiger partial charge < -0.3 is 0 Å². The first-order chi connectivity index (χ1) is 6.09. The molecule has 1 aliphatic heterocycles. The third kappa shape index (κ3) is 2.82. The van der Waals surface area contributed by atoms with Gasteiger partial charge in [-0.05, 0) is 12.8 Å². The van der Waals surface area contributed by atoms with Gasteiger partial charge in [-0.2, -0.15) is 12.7 Å². The summed E-state index contributed by atoms with van der Waals surface area (Å²) in [5.74, 6) is 0. The second kappa shape index (κ2) is 4.97. The van der Waals surface area contributed by atoms with E-state index in [0.717, 1.165) is 29.6 Å². The Hall–Kier alpha value is 0.700. The van der Waals surface area contributed by atoms with Gasteiger partial charge in [-0.1, -0.05) is 6.42 Å². The van der Waals surface area contributed by atoms with Crippen LogP contribution in [-0.2, 0) is 10.2 Å². The lowest BCUT2D eigenvalue weighted by Gasteiger charge is -2.28. The highest BCUT2D eigenvalue weighted by atomic mass is 79.9. The van der Waals surface area contributed by atoms with E-state index in [1.165, 1.54) is 8.02 Å². The van der Waals surface area contributed by atoms with Gasteiger partial charge in [0, 0.05) is 45.3 Å². The molecule has 0 bridgehead atoms. The van der Waals surface area contributed by atoms with Crippen LogP contribution in [0.4, 0.5) is 0 Å². The Morgan fingerprint density at radius 2 is 1.85 bits per heavy atom. The number of nitrogens with zero attached hydrogens (tertiary/aromatic N) is 2. The summed E-state index contributed by atoms with van der Waals surface area (Å²) in [6.45, 7) is 1.31. The zero-order valence-electron chi connectivity index (χ0n) is 7.44. The van der Waals surface area contributed by atoms with Gasteiger partial charge in [-0.3, -0.25) is 0 Å². The van der Waals surface area contributed by atoms with Gasteiger partial charge >= 0.3 is 0 Å². The fourth-order valence-corrected chi connectivity index (χ4v) is 4.25. The molecule has 0 aromatic rings. The van der Waals surface area contributed by atoms with Gasteiger partial charge in [0.05, 0.1) is 0 Å². The molecule has 0 aromatic carbocycles. The molecule has 13 heavy (non-hydrogen) atoms. The van der Waals surface area contributed by atoms with Crippen LogP contribution in [0, 0.1) is 0 Å². The highest BCUT2D eigenvalue weighted by Crippen LogP contribution is 2.23. The van der Waals surface area contributed by atoms with E-state index in [4.69, 9.17) is 0 Å². The van der Waals surface area contributed by atoms with Crippen molar-refractivity contribution in [3.05, 3.63) is 0 Å². The van der Waals surface area contributed by atoms with Gasteiger partial charge in [0.1, 0.15) is 0 Å². The van der Waals surface area contributed by atoms with E-state index < -0.39 is 10.2 Å². The van der Waals surface area contributed by atoms with Crippen molar-refractivity contribution < 1.29 is 8.42 Å². The largest absolute Gasteiger partial charge is 0.291 e. The summed E-state index contributed by atoms with van der Waals surface area (Å²) in [4.78, 5) is 0. The SMILES string of the molecule is CN(SBr)S(=O)(=O)N1CCCCC1. The fourth-order valence-electron chi connectivity index (χ4n) is 1.29. The van der Waals surface area contributed by atoms with E-state index in [1.54, 1.807) is 7.05 Å². The topological polar surface area (TPSA) is 40.6 Å². The molecular formula is C6H13BrN2O2S2. The normalized spacial score (nSPS) is 20.8. The second-order valence-electron chi connectivity index (χ2n) is 2.95. The standard InChI is InChI=1S/C6H13BrN2O2S2/c1-8(12-7)13(10,11)9-5-3-2-4-6-9/h2-6H2,1H3. The minimum absolute atomic E-state index is 0.653. The summed E-state index contributed by atoms with van der Waals surface area (Å²) in [6.07, 6.45) is 3.08. The molecule has 7 heteroatoms. The van der Waals surface area contributed by atoms with Crippen LogP contribution in [0.1, 0.15) is 19.3 Å². The quantitative estimate of drug-likeness (QED) is 0.741. The maximum absolute atomic E-state index is 11.7. The third-order valence-corrected chi connectivity index (χ3v) is 6.59. The van der Waals surface area contributed by atoms with E-state index in [2.05, 4.69) is 14.8 Å². The molecule has 1 aliphatic rings. The molecule has 4 nitrogen and oxygen atoms in total. The number of halogens is 1. The fraction of sp³-hybridized carbons (Fsp3) is 1.00. The second-order valence-corrected chi connectivity index (χ2v) is 6.69. The minimum atomic E-state index is -3.23. The number of piperidine rings is 1. The van der Waals surface area contributed by atoms with E-state index in [0.29, 0.717) is 13.1 Å². The van der Waals surface area contributed by atoms with Crippen molar-refractivity contribution in [2.75, 3.05) is 20.1 Å². The summed E-state index contributed by atoms with van der Waals surface area (Å²) in [6, 6.07) is 0. The Morgan fingerprint density at radius 1 is 1.31 bits per heavy atom. The van der Waals surface area contributed by atoms with Gasteiger partial charge in [-0.15, -0.1) is 3.71 Å². The Bertz CT molecular complexity index is 251. The first kappa shape index (κ1) is 11.8. The van der Waals surface area contributed by atoms with Crippen molar-refractivity contribution >= 4 is 35.4 Å². The molecule has 0 atom stereocenters. The van der Waals surface area contributed by atoms with Crippen LogP contribution in [0.3, 0.4) is 0 Å². The van der Waals surface area contributed by atoms with Crippen molar-refractivity contribution in [3.63, 3.8) is 0 Å². The molecule has 0 saturated carbocycles. The molecule has 0 N–H and O–H groups in total. The highest BCUT2D eigenvalue weighted by Gasteiger charge is 2.27. The van der Waals surface area contributed by atoms with Crippen LogP contribution in [0.15, 0.2) is 0 Å². The lowest BCUT2D eigenvalue weighted by Crippen LogP contribution is -2.41. The predicted molar refractivity (Wildman–Crippen MR) is 58.6 cm³/mol. The summed E-state index contributed by atoms with van der Waals surface area (Å²) in [7, 11) is -0.643. The highest BCUT2D eigenvalue weighted by molar-refractivity contribution is 9.50. The zero-order chi connectivity index (χ0) is 9.90. The smallest absolute Gasteiger partial charge is 0.194 e. The van der Waals surface area contributed by atoms with Crippen LogP contribution >= 0.6 is 25.2 Å². The predicted octanol–water partition coefficient (Wildman–Crippen LogP) is 1.61. The third-order valence-electron chi connectivity index (χ3n) is 2.06. The summed E-state index contributed by atoms with van der Waals surface area (Å²) in [5, 5.41) is 0. The first-order valence-electron chi connectivity index (χ1n) is 4.12. The van der Waals surface area contributed by atoms with Crippen molar-refractivity contribution in [2.24, 2.45) is 0 Å². The first-order valence-corrected chi connectivity index (χ1v) is 8.13. The van der Waals surface area contributed by atoms with E-state index in [-0.39, 0.29) is 0 Å². The molecule has 0 amide bonds. The van der Waals surface area contributed by atoms with Crippen molar-refractivity contribution in [1.29, 1.82) is 0 Å². The average molecular weight is 289 g/mol. The lowest BCUT2D eigenvalue weighted by molar-refractivity contribution is 0.335. The number of hydrogen-bond donors (Lipinski definition) is 0. The summed E-state index contributed by atoms with van der Waals surface area (Å²) < 4.78 is 26.2. The maximum atomic E-state index is 11.7. The zero-order valence-corrected chi connectivity index (χ0v) is 10.7. The van der Waals surface area contributed by atoms with Crippen molar-refractivity contribution in [2.45, 2.75) is 19.3 Å². The number of rotatable bonds is 3. The molecule has 0 unspecified atom stereocenters. The molecule has 78 valence electrons. The van der Waals surface area contributed by atoms with E-state index in [1.807, 2.05) is 0 Å². The Morgan fingerprint density at radius 3 is 2.31 bits per heavy atom. The molecule has 1 heterocycles. The Kier molecular flexibility index (Phi) is 4.50. The number of hydrogen-bond acceptors (Lipinski definition) is 3. The molecule has 0 aromatic heterocycles. The van der Waals surface area contributed by atoms with E-state index >= 15 is 0 Å². The van der Waals surface area contributed by atoms with Crippen molar-refractivity contribution in [1.82, 2.24) is 8.02 Å². The molecule has 0 radical (unpaired) electrons. The molecular weight excluding hydrogens is 276 g/mol. The molecule has 1 saturated heterocycles. The van der Waals surface area contributed by atoms with Crippen molar-refractivity contribution in [3.8, 4) is 0 Å². The maximum Gasteiger partial charge on any atom is 0.291 e. The van der Waals surface area contributed by atoms with Crippen LogP contribution in [0.2, 0.25) is 0 Å². The van der Waals surface area contributed by atoms with Gasteiger partial charge in [0.2, 0.25) is 0 Å². The van der Waals surface area contributed by atoms with E-state index in [9.17, 15) is 8.42 Å². The van der Waals surface area contributed by atoms with Crippen LogP contribution in [0.25, 0.3) is 0 Å². The molecule has 0 spiro atoms.